The lowest BCUT2D eigenvalue weighted by atomic mass is 10.2. The molecular formula is C21H28N2O4S. The standard InChI is InChI=1S/C21H28N2O4S/c1-4-11-17(3)22-21(24)16-23(19-14-9-10-15-20(19)27-5-2)28(25,26)18-12-7-6-8-13-18/h6-10,12-15,17H,4-5,11,16H2,1-3H3,(H,22,24)/t17-/m1/s1. The van der Waals surface area contributed by atoms with Gasteiger partial charge in [0.25, 0.3) is 10.0 Å². The van der Waals surface area contributed by atoms with Crippen LogP contribution in [-0.4, -0.2) is 33.5 Å². The van der Waals surface area contributed by atoms with Gasteiger partial charge in [0.15, 0.2) is 0 Å². The highest BCUT2D eigenvalue weighted by atomic mass is 32.2. The first-order chi connectivity index (χ1) is 13.4. The summed E-state index contributed by atoms with van der Waals surface area (Å²) in [5.41, 5.74) is 0.339. The van der Waals surface area contributed by atoms with Gasteiger partial charge in [-0.25, -0.2) is 8.42 Å². The number of sulfonamides is 1. The van der Waals surface area contributed by atoms with Crippen LogP contribution in [0.2, 0.25) is 0 Å². The molecule has 0 radical (unpaired) electrons. The van der Waals surface area contributed by atoms with Gasteiger partial charge in [-0.05, 0) is 44.5 Å². The number of hydrogen-bond donors (Lipinski definition) is 1. The number of rotatable bonds is 10. The predicted octanol–water partition coefficient (Wildman–Crippen LogP) is 3.59. The van der Waals surface area contributed by atoms with E-state index in [-0.39, 0.29) is 23.4 Å². The van der Waals surface area contributed by atoms with Crippen molar-refractivity contribution >= 4 is 21.6 Å². The van der Waals surface area contributed by atoms with Crippen LogP contribution in [-0.2, 0) is 14.8 Å². The average molecular weight is 405 g/mol. The second kappa shape index (κ2) is 10.1. The minimum atomic E-state index is -3.95. The first kappa shape index (κ1) is 21.8. The second-order valence-corrected chi connectivity index (χ2v) is 8.35. The molecule has 6 nitrogen and oxygen atoms in total. The minimum absolute atomic E-state index is 0.0269. The fourth-order valence-electron chi connectivity index (χ4n) is 2.92. The lowest BCUT2D eigenvalue weighted by Crippen LogP contribution is -2.43. The monoisotopic (exact) mass is 404 g/mol. The topological polar surface area (TPSA) is 75.7 Å². The van der Waals surface area contributed by atoms with Gasteiger partial charge in [-0.2, -0.15) is 0 Å². The van der Waals surface area contributed by atoms with Crippen molar-refractivity contribution in [2.24, 2.45) is 0 Å². The largest absolute Gasteiger partial charge is 0.492 e. The summed E-state index contributed by atoms with van der Waals surface area (Å²) in [6.45, 7) is 5.83. The molecule has 0 bridgehead atoms. The van der Waals surface area contributed by atoms with E-state index < -0.39 is 10.0 Å². The Labute approximate surface area is 167 Å². The molecule has 2 aromatic rings. The first-order valence-electron chi connectivity index (χ1n) is 9.49. The molecule has 0 aliphatic rings. The van der Waals surface area contributed by atoms with Crippen molar-refractivity contribution in [3.05, 3.63) is 54.6 Å². The number of amides is 1. The number of anilines is 1. The van der Waals surface area contributed by atoms with Crippen molar-refractivity contribution < 1.29 is 17.9 Å². The number of ether oxygens (including phenoxy) is 1. The normalized spacial score (nSPS) is 12.2. The predicted molar refractivity (Wildman–Crippen MR) is 111 cm³/mol. The molecule has 0 fully saturated rings. The lowest BCUT2D eigenvalue weighted by molar-refractivity contribution is -0.120. The summed E-state index contributed by atoms with van der Waals surface area (Å²) in [5, 5.41) is 2.87. The number of carbonyl (C=O) groups excluding carboxylic acids is 1. The van der Waals surface area contributed by atoms with E-state index in [2.05, 4.69) is 5.32 Å². The minimum Gasteiger partial charge on any atom is -0.492 e. The molecule has 152 valence electrons. The zero-order valence-electron chi connectivity index (χ0n) is 16.6. The van der Waals surface area contributed by atoms with Crippen molar-refractivity contribution in [1.29, 1.82) is 0 Å². The average Bonchev–Trinajstić information content (AvgIpc) is 2.68. The molecule has 2 aromatic carbocycles. The number of carbonyl (C=O) groups is 1. The van der Waals surface area contributed by atoms with Gasteiger partial charge in [0.2, 0.25) is 5.91 Å². The molecule has 0 heterocycles. The molecule has 0 aliphatic carbocycles. The van der Waals surface area contributed by atoms with Gasteiger partial charge in [-0.15, -0.1) is 0 Å². The quantitative estimate of drug-likeness (QED) is 0.657. The molecule has 1 atom stereocenters. The number of nitrogens with zero attached hydrogens (tertiary/aromatic N) is 1. The Morgan fingerprint density at radius 1 is 1.07 bits per heavy atom. The van der Waals surface area contributed by atoms with Crippen molar-refractivity contribution in [3.63, 3.8) is 0 Å². The van der Waals surface area contributed by atoms with Crippen molar-refractivity contribution in [3.8, 4) is 5.75 Å². The van der Waals surface area contributed by atoms with Crippen LogP contribution in [0.15, 0.2) is 59.5 Å². The maximum atomic E-state index is 13.3. The Morgan fingerprint density at radius 2 is 1.71 bits per heavy atom. The molecule has 28 heavy (non-hydrogen) atoms. The molecule has 0 spiro atoms. The third-order valence-electron chi connectivity index (χ3n) is 4.18. The number of para-hydroxylation sites is 2. The van der Waals surface area contributed by atoms with Crippen LogP contribution in [0, 0.1) is 0 Å². The third-order valence-corrected chi connectivity index (χ3v) is 5.96. The van der Waals surface area contributed by atoms with Crippen molar-refractivity contribution in [1.82, 2.24) is 5.32 Å². The molecule has 2 rings (SSSR count). The maximum absolute atomic E-state index is 13.3. The van der Waals surface area contributed by atoms with Crippen molar-refractivity contribution in [2.45, 2.75) is 44.6 Å². The van der Waals surface area contributed by atoms with E-state index in [0.717, 1.165) is 17.1 Å². The summed E-state index contributed by atoms with van der Waals surface area (Å²) < 4.78 is 33.4. The first-order valence-corrected chi connectivity index (χ1v) is 10.9. The smallest absolute Gasteiger partial charge is 0.264 e. The van der Waals surface area contributed by atoms with Gasteiger partial charge in [0.1, 0.15) is 12.3 Å². The van der Waals surface area contributed by atoms with E-state index in [1.165, 1.54) is 12.1 Å². The summed E-state index contributed by atoms with van der Waals surface area (Å²) in [6.07, 6.45) is 1.76. The Bertz CT molecular complexity index is 869. The molecular weight excluding hydrogens is 376 g/mol. The van der Waals surface area contributed by atoms with Gasteiger partial charge < -0.3 is 10.1 Å². The summed E-state index contributed by atoms with van der Waals surface area (Å²) in [7, 11) is -3.95. The van der Waals surface area contributed by atoms with Crippen LogP contribution in [0.5, 0.6) is 5.75 Å². The zero-order valence-corrected chi connectivity index (χ0v) is 17.4. The van der Waals surface area contributed by atoms with E-state index in [1.54, 1.807) is 42.5 Å². The van der Waals surface area contributed by atoms with Gasteiger partial charge >= 0.3 is 0 Å². The molecule has 0 aliphatic heterocycles. The van der Waals surface area contributed by atoms with Gasteiger partial charge in [-0.1, -0.05) is 43.7 Å². The van der Waals surface area contributed by atoms with E-state index in [0.29, 0.717) is 18.0 Å². The molecule has 0 saturated heterocycles. The second-order valence-electron chi connectivity index (χ2n) is 6.48. The van der Waals surface area contributed by atoms with Gasteiger partial charge in [0, 0.05) is 6.04 Å². The molecule has 7 heteroatoms. The highest BCUT2D eigenvalue weighted by Crippen LogP contribution is 2.32. The van der Waals surface area contributed by atoms with Crippen LogP contribution in [0.1, 0.15) is 33.6 Å². The summed E-state index contributed by atoms with van der Waals surface area (Å²) >= 11 is 0. The number of benzene rings is 2. The van der Waals surface area contributed by atoms with Gasteiger partial charge in [0.05, 0.1) is 17.2 Å². The number of hydrogen-bond acceptors (Lipinski definition) is 4. The maximum Gasteiger partial charge on any atom is 0.264 e. The van der Waals surface area contributed by atoms with Crippen LogP contribution in [0.25, 0.3) is 0 Å². The van der Waals surface area contributed by atoms with E-state index in [1.807, 2.05) is 20.8 Å². The Kier molecular flexibility index (Phi) is 7.87. The molecule has 0 saturated carbocycles. The van der Waals surface area contributed by atoms with E-state index >= 15 is 0 Å². The summed E-state index contributed by atoms with van der Waals surface area (Å²) in [4.78, 5) is 12.7. The lowest BCUT2D eigenvalue weighted by Gasteiger charge is -2.26. The Morgan fingerprint density at radius 3 is 2.36 bits per heavy atom. The highest BCUT2D eigenvalue weighted by Gasteiger charge is 2.29. The fraction of sp³-hybridized carbons (Fsp3) is 0.381. The number of nitrogens with one attached hydrogen (secondary N) is 1. The van der Waals surface area contributed by atoms with E-state index in [4.69, 9.17) is 4.74 Å². The zero-order chi connectivity index (χ0) is 20.6. The molecule has 0 unspecified atom stereocenters. The fourth-order valence-corrected chi connectivity index (χ4v) is 4.37. The molecule has 0 aromatic heterocycles. The molecule has 1 amide bonds. The van der Waals surface area contributed by atoms with Crippen LogP contribution in [0.4, 0.5) is 5.69 Å². The highest BCUT2D eigenvalue weighted by molar-refractivity contribution is 7.92. The summed E-state index contributed by atoms with van der Waals surface area (Å²) in [5.74, 6) is 0.0608. The SMILES string of the molecule is CCC[C@@H](C)NC(=O)CN(c1ccccc1OCC)S(=O)(=O)c1ccccc1. The van der Waals surface area contributed by atoms with E-state index in [9.17, 15) is 13.2 Å². The van der Waals surface area contributed by atoms with Gasteiger partial charge in [-0.3, -0.25) is 9.10 Å². The Balaban J connectivity index is 2.43. The molecule has 1 N–H and O–H groups in total. The van der Waals surface area contributed by atoms with Crippen LogP contribution in [0.3, 0.4) is 0 Å². The van der Waals surface area contributed by atoms with Crippen LogP contribution < -0.4 is 14.4 Å². The third kappa shape index (κ3) is 5.48. The summed E-state index contributed by atoms with van der Waals surface area (Å²) in [6, 6.07) is 14.9. The van der Waals surface area contributed by atoms with Crippen LogP contribution >= 0.6 is 0 Å². The van der Waals surface area contributed by atoms with Crippen molar-refractivity contribution in [2.75, 3.05) is 17.5 Å². The Hall–Kier alpha value is -2.54.